The van der Waals surface area contributed by atoms with Crippen LogP contribution >= 0.6 is 0 Å². The van der Waals surface area contributed by atoms with Crippen molar-refractivity contribution in [2.24, 2.45) is 5.10 Å². The second-order valence-electron chi connectivity index (χ2n) is 6.71. The normalized spacial score (nSPS) is 11.2. The molecule has 10 heteroatoms. The first-order valence-electron chi connectivity index (χ1n) is 9.37. The van der Waals surface area contributed by atoms with Crippen molar-refractivity contribution in [1.82, 2.24) is 9.66 Å². The number of aromatic nitrogens is 2. The molecule has 32 heavy (non-hydrogen) atoms. The van der Waals surface area contributed by atoms with Crippen LogP contribution in [0.4, 0.5) is 10.1 Å². The summed E-state index contributed by atoms with van der Waals surface area (Å²) in [6.07, 6.45) is 1.14. The lowest BCUT2D eigenvalue weighted by molar-refractivity contribution is -0.385. The zero-order valence-electron chi connectivity index (χ0n) is 16.4. The molecule has 4 rings (SSSR count). The summed E-state index contributed by atoms with van der Waals surface area (Å²) in [5, 5.41) is 15.7. The SMILES string of the molecule is O=c1[nH]c2ccccc2c(=O)n1N=Cc1cccc([N+](=O)[O-])c1OCc1ccc(F)cc1. The monoisotopic (exact) mass is 434 g/mol. The molecule has 0 fully saturated rings. The minimum absolute atomic E-state index is 0.0670. The Hall–Kier alpha value is -4.60. The number of nitro benzene ring substituents is 1. The van der Waals surface area contributed by atoms with Gasteiger partial charge in [0.25, 0.3) is 5.56 Å². The fourth-order valence-electron chi connectivity index (χ4n) is 3.06. The summed E-state index contributed by atoms with van der Waals surface area (Å²) in [5.41, 5.74) is -0.581. The number of hydrogen-bond donors (Lipinski definition) is 1. The number of hydrogen-bond acceptors (Lipinski definition) is 6. The first-order valence-corrected chi connectivity index (χ1v) is 9.37. The van der Waals surface area contributed by atoms with E-state index in [9.17, 15) is 24.1 Å². The van der Waals surface area contributed by atoms with Gasteiger partial charge in [0.2, 0.25) is 5.75 Å². The van der Waals surface area contributed by atoms with Crippen molar-refractivity contribution in [3.05, 3.63) is 115 Å². The van der Waals surface area contributed by atoms with Crippen LogP contribution in [0.2, 0.25) is 0 Å². The Balaban J connectivity index is 1.73. The quantitative estimate of drug-likeness (QED) is 0.284. The molecule has 4 aromatic rings. The van der Waals surface area contributed by atoms with Crippen LogP contribution < -0.4 is 16.0 Å². The highest BCUT2D eigenvalue weighted by molar-refractivity contribution is 5.86. The number of fused-ring (bicyclic) bond motifs is 1. The summed E-state index contributed by atoms with van der Waals surface area (Å²) in [6.45, 7) is -0.0670. The highest BCUT2D eigenvalue weighted by atomic mass is 19.1. The summed E-state index contributed by atoms with van der Waals surface area (Å²) >= 11 is 0. The number of nitrogens with one attached hydrogen (secondary N) is 1. The topological polar surface area (TPSA) is 120 Å². The lowest BCUT2D eigenvalue weighted by Gasteiger charge is -2.10. The van der Waals surface area contributed by atoms with Crippen molar-refractivity contribution in [3.63, 3.8) is 0 Å². The average Bonchev–Trinajstić information content (AvgIpc) is 2.78. The average molecular weight is 434 g/mol. The van der Waals surface area contributed by atoms with Gasteiger partial charge in [-0.25, -0.2) is 9.18 Å². The second-order valence-corrected chi connectivity index (χ2v) is 6.71. The van der Waals surface area contributed by atoms with Gasteiger partial charge in [-0.15, -0.1) is 4.68 Å². The Morgan fingerprint density at radius 2 is 1.81 bits per heavy atom. The van der Waals surface area contributed by atoms with Crippen molar-refractivity contribution in [3.8, 4) is 5.75 Å². The molecule has 1 heterocycles. The zero-order chi connectivity index (χ0) is 22.7. The van der Waals surface area contributed by atoms with Gasteiger partial charge in [-0.3, -0.25) is 14.9 Å². The third-order valence-corrected chi connectivity index (χ3v) is 4.61. The number of H-pyrrole nitrogens is 1. The van der Waals surface area contributed by atoms with Gasteiger partial charge in [-0.1, -0.05) is 30.3 Å². The molecule has 0 aliphatic rings. The zero-order valence-corrected chi connectivity index (χ0v) is 16.4. The number of nitro groups is 1. The van der Waals surface area contributed by atoms with E-state index in [0.717, 1.165) is 6.21 Å². The molecule has 0 saturated carbocycles. The fraction of sp³-hybridized carbons (Fsp3) is 0.0455. The van der Waals surface area contributed by atoms with E-state index in [4.69, 9.17) is 4.74 Å². The van der Waals surface area contributed by atoms with Crippen molar-refractivity contribution >= 4 is 22.8 Å². The first kappa shape index (κ1) is 20.7. The molecule has 0 radical (unpaired) electrons. The maximum Gasteiger partial charge on any atom is 0.349 e. The Kier molecular flexibility index (Phi) is 5.58. The Morgan fingerprint density at radius 3 is 2.56 bits per heavy atom. The minimum atomic E-state index is -0.760. The van der Waals surface area contributed by atoms with Gasteiger partial charge in [0, 0.05) is 11.6 Å². The van der Waals surface area contributed by atoms with Gasteiger partial charge in [0.15, 0.2) is 0 Å². The molecule has 9 nitrogen and oxygen atoms in total. The third kappa shape index (κ3) is 4.15. The second kappa shape index (κ2) is 8.64. The van der Waals surface area contributed by atoms with E-state index in [1.54, 1.807) is 24.3 Å². The van der Waals surface area contributed by atoms with Crippen LogP contribution in [0.1, 0.15) is 11.1 Å². The minimum Gasteiger partial charge on any atom is -0.481 e. The standard InChI is InChI=1S/C22H15FN4O5/c23-16-10-8-14(9-11-16)13-32-20-15(4-3-7-19(20)27(30)31)12-24-26-21(28)17-5-1-2-6-18(17)25-22(26)29/h1-12H,13H2,(H,25,29). The number of rotatable bonds is 6. The van der Waals surface area contributed by atoms with Gasteiger partial charge in [-0.05, 0) is 35.9 Å². The Morgan fingerprint density at radius 1 is 1.06 bits per heavy atom. The lowest BCUT2D eigenvalue weighted by atomic mass is 10.2. The molecule has 0 atom stereocenters. The van der Waals surface area contributed by atoms with E-state index in [2.05, 4.69) is 10.1 Å². The first-order chi connectivity index (χ1) is 15.4. The smallest absolute Gasteiger partial charge is 0.349 e. The Bertz CT molecular complexity index is 1460. The van der Waals surface area contributed by atoms with Crippen LogP contribution in [0.3, 0.4) is 0 Å². The van der Waals surface area contributed by atoms with Gasteiger partial charge in [0.05, 0.1) is 22.0 Å². The van der Waals surface area contributed by atoms with E-state index >= 15 is 0 Å². The summed E-state index contributed by atoms with van der Waals surface area (Å²) in [4.78, 5) is 38.3. The Labute approximate surface area is 179 Å². The van der Waals surface area contributed by atoms with Crippen LogP contribution in [-0.4, -0.2) is 20.8 Å². The molecule has 0 saturated heterocycles. The van der Waals surface area contributed by atoms with Crippen molar-refractivity contribution in [2.45, 2.75) is 6.61 Å². The van der Waals surface area contributed by atoms with Gasteiger partial charge in [0.1, 0.15) is 12.4 Å². The van der Waals surface area contributed by atoms with Gasteiger partial charge >= 0.3 is 11.4 Å². The van der Waals surface area contributed by atoms with Crippen molar-refractivity contribution < 1.29 is 14.1 Å². The van der Waals surface area contributed by atoms with Crippen molar-refractivity contribution in [2.75, 3.05) is 0 Å². The van der Waals surface area contributed by atoms with Crippen LogP contribution in [-0.2, 0) is 6.61 Å². The predicted octanol–water partition coefficient (Wildman–Crippen LogP) is 3.20. The molecule has 1 aromatic heterocycles. The highest BCUT2D eigenvalue weighted by Crippen LogP contribution is 2.30. The number of para-hydroxylation sites is 2. The van der Waals surface area contributed by atoms with Crippen molar-refractivity contribution in [1.29, 1.82) is 0 Å². The van der Waals surface area contributed by atoms with Crippen LogP contribution in [0.5, 0.6) is 5.75 Å². The lowest BCUT2D eigenvalue weighted by Crippen LogP contribution is -2.32. The predicted molar refractivity (Wildman–Crippen MR) is 116 cm³/mol. The summed E-state index contributed by atoms with van der Waals surface area (Å²) in [6, 6.07) is 16.1. The summed E-state index contributed by atoms with van der Waals surface area (Å²) < 4.78 is 19.4. The number of aromatic amines is 1. The molecule has 160 valence electrons. The van der Waals surface area contributed by atoms with Crippen LogP contribution in [0, 0.1) is 15.9 Å². The largest absolute Gasteiger partial charge is 0.481 e. The van der Waals surface area contributed by atoms with E-state index in [1.165, 1.54) is 42.5 Å². The highest BCUT2D eigenvalue weighted by Gasteiger charge is 2.19. The molecular weight excluding hydrogens is 419 g/mol. The molecule has 0 aliphatic carbocycles. The molecule has 1 N–H and O–H groups in total. The van der Waals surface area contributed by atoms with Gasteiger partial charge < -0.3 is 9.72 Å². The third-order valence-electron chi connectivity index (χ3n) is 4.61. The van der Waals surface area contributed by atoms with E-state index in [0.29, 0.717) is 15.8 Å². The number of ether oxygens (including phenoxy) is 1. The van der Waals surface area contributed by atoms with E-state index in [-0.39, 0.29) is 29.0 Å². The van der Waals surface area contributed by atoms with E-state index in [1.807, 2.05) is 0 Å². The van der Waals surface area contributed by atoms with Gasteiger partial charge in [-0.2, -0.15) is 5.10 Å². The molecule has 0 spiro atoms. The maximum atomic E-state index is 13.1. The fourth-order valence-corrected chi connectivity index (χ4v) is 3.06. The van der Waals surface area contributed by atoms with Crippen LogP contribution in [0.25, 0.3) is 10.9 Å². The molecule has 3 aromatic carbocycles. The van der Waals surface area contributed by atoms with E-state index < -0.39 is 22.0 Å². The summed E-state index contributed by atoms with van der Waals surface area (Å²) in [7, 11) is 0. The number of benzene rings is 3. The summed E-state index contributed by atoms with van der Waals surface area (Å²) in [5.74, 6) is -0.519. The molecule has 0 aliphatic heterocycles. The molecule has 0 unspecified atom stereocenters. The maximum absolute atomic E-state index is 13.1. The number of nitrogens with zero attached hydrogens (tertiary/aromatic N) is 3. The number of halogens is 1. The molecule has 0 amide bonds. The van der Waals surface area contributed by atoms with Crippen LogP contribution in [0.15, 0.2) is 81.4 Å². The molecule has 0 bridgehead atoms. The molecular formula is C22H15FN4O5.